The number of thioether (sulfide) groups is 1. The second-order valence-corrected chi connectivity index (χ2v) is 8.62. The third-order valence-electron chi connectivity index (χ3n) is 4.53. The number of benzene rings is 1. The van der Waals surface area contributed by atoms with E-state index in [1.807, 2.05) is 24.8 Å². The molecule has 0 aromatic heterocycles. The van der Waals surface area contributed by atoms with Crippen molar-refractivity contribution in [3.05, 3.63) is 75.5 Å². The summed E-state index contributed by atoms with van der Waals surface area (Å²) < 4.78 is 0. The number of hydrogen-bond acceptors (Lipinski definition) is 3. The summed E-state index contributed by atoms with van der Waals surface area (Å²) in [4.78, 5) is 1.24. The van der Waals surface area contributed by atoms with E-state index in [2.05, 4.69) is 68.6 Å². The van der Waals surface area contributed by atoms with Crippen molar-refractivity contribution in [3.63, 3.8) is 0 Å². The smallest absolute Gasteiger partial charge is 0.146 e. The molecule has 1 unspecified atom stereocenters. The lowest BCUT2D eigenvalue weighted by Crippen LogP contribution is -2.16. The quantitative estimate of drug-likeness (QED) is 0.0684. The summed E-state index contributed by atoms with van der Waals surface area (Å²) in [6.45, 7) is 12.4. The van der Waals surface area contributed by atoms with Gasteiger partial charge in [-0.2, -0.15) is 5.10 Å². The minimum atomic E-state index is 0.406. The van der Waals surface area contributed by atoms with Crippen LogP contribution in [0.2, 0.25) is 0 Å². The first-order chi connectivity index (χ1) is 13.5. The van der Waals surface area contributed by atoms with E-state index in [9.17, 15) is 0 Å². The molecule has 1 rings (SSSR count). The first-order valence-electron chi connectivity index (χ1n) is 9.63. The molecule has 0 spiro atoms. The lowest BCUT2D eigenvalue weighted by Gasteiger charge is -2.13. The third kappa shape index (κ3) is 7.33. The van der Waals surface area contributed by atoms with E-state index < -0.39 is 0 Å². The second-order valence-electron chi connectivity index (χ2n) is 6.48. The maximum absolute atomic E-state index is 5.98. The Balaban J connectivity index is 3.24. The van der Waals surface area contributed by atoms with Gasteiger partial charge in [0.1, 0.15) is 5.84 Å². The zero-order valence-electron chi connectivity index (χ0n) is 17.6. The van der Waals surface area contributed by atoms with E-state index in [1.54, 1.807) is 0 Å². The molecule has 3 nitrogen and oxygen atoms in total. The zero-order valence-corrected chi connectivity index (χ0v) is 19.4. The van der Waals surface area contributed by atoms with Crippen LogP contribution in [-0.2, 0) is 6.42 Å². The topological polar surface area (TPSA) is 64.4 Å². The number of hydrogen-bond donors (Lipinski definition) is 2. The number of nitrogens with zero attached hydrogens (tertiary/aromatic N) is 1. The van der Waals surface area contributed by atoms with E-state index in [0.29, 0.717) is 14.4 Å². The Labute approximate surface area is 176 Å². The van der Waals surface area contributed by atoms with Gasteiger partial charge in [0, 0.05) is 10.5 Å². The largest absolute Gasteiger partial charge is 0.382 e. The molecule has 1 aromatic rings. The number of nitrogens with two attached hydrogens (primary N) is 2. The van der Waals surface area contributed by atoms with Gasteiger partial charge < -0.3 is 11.6 Å². The summed E-state index contributed by atoms with van der Waals surface area (Å²) in [5.41, 5.74) is 10.8. The van der Waals surface area contributed by atoms with Crippen molar-refractivity contribution in [2.45, 2.75) is 40.0 Å². The van der Waals surface area contributed by atoms with Crippen LogP contribution >= 0.6 is 20.3 Å². The van der Waals surface area contributed by atoms with Crippen LogP contribution in [0.15, 0.2) is 63.9 Å². The molecule has 28 heavy (non-hydrogen) atoms. The van der Waals surface area contributed by atoms with E-state index in [1.165, 1.54) is 39.8 Å². The Morgan fingerprint density at radius 1 is 1.36 bits per heavy atom. The highest BCUT2D eigenvalue weighted by Crippen LogP contribution is 2.37. The average molecular weight is 416 g/mol. The molecule has 0 aliphatic rings. The summed E-state index contributed by atoms with van der Waals surface area (Å²) in [5.74, 6) is 6.90. The minimum absolute atomic E-state index is 0.406. The Morgan fingerprint density at radius 3 is 2.71 bits per heavy atom. The summed E-state index contributed by atoms with van der Waals surface area (Å²) in [6, 6.07) is 6.42. The second kappa shape index (κ2) is 13.4. The van der Waals surface area contributed by atoms with Gasteiger partial charge >= 0.3 is 0 Å². The standard InChI is InChI=1S/C23H34N3PS/c1-6-8-16-28-21(22(27-5)18(4)23(24)26-25)15-10-14-20-13-9-12-19(11-7-2)17(20)3/h7,9-10,12-15,27H,2,6,8,11,16,25H2,1,3-5H3,(H2,24,26)/b14-10+,21-15+,22-18-. The Bertz CT molecular complexity index is 776. The van der Waals surface area contributed by atoms with Gasteiger partial charge in [0.25, 0.3) is 0 Å². The fraction of sp³-hybridized carbons (Fsp3) is 0.348. The fourth-order valence-corrected chi connectivity index (χ4v) is 5.23. The molecule has 0 radical (unpaired) electrons. The van der Waals surface area contributed by atoms with E-state index in [4.69, 9.17) is 11.6 Å². The lowest BCUT2D eigenvalue weighted by atomic mass is 10.00. The van der Waals surface area contributed by atoms with Gasteiger partial charge in [-0.15, -0.1) is 18.3 Å². The Morgan fingerprint density at radius 2 is 2.11 bits per heavy atom. The summed E-state index contributed by atoms with van der Waals surface area (Å²) in [6.07, 6.45) is 11.7. The number of hydrazone groups is 1. The average Bonchev–Trinajstić information content (AvgIpc) is 2.70. The summed E-state index contributed by atoms with van der Waals surface area (Å²) >= 11 is 1.88. The van der Waals surface area contributed by atoms with Crippen LogP contribution in [0.1, 0.15) is 43.4 Å². The summed E-state index contributed by atoms with van der Waals surface area (Å²) in [7, 11) is 0.620. The molecule has 1 aromatic carbocycles. The van der Waals surface area contributed by atoms with Gasteiger partial charge in [-0.3, -0.25) is 0 Å². The van der Waals surface area contributed by atoms with Crippen molar-refractivity contribution in [1.29, 1.82) is 0 Å². The van der Waals surface area contributed by atoms with E-state index in [-0.39, 0.29) is 0 Å². The monoisotopic (exact) mass is 415 g/mol. The maximum Gasteiger partial charge on any atom is 0.146 e. The van der Waals surface area contributed by atoms with Crippen molar-refractivity contribution in [2.24, 2.45) is 16.7 Å². The van der Waals surface area contributed by atoms with Crippen molar-refractivity contribution in [1.82, 2.24) is 0 Å². The van der Waals surface area contributed by atoms with Gasteiger partial charge in [0.2, 0.25) is 0 Å². The first-order valence-corrected chi connectivity index (χ1v) is 12.1. The fourth-order valence-electron chi connectivity index (χ4n) is 2.75. The van der Waals surface area contributed by atoms with Crippen molar-refractivity contribution >= 4 is 32.3 Å². The molecule has 0 heterocycles. The van der Waals surface area contributed by atoms with Crippen molar-refractivity contribution < 1.29 is 0 Å². The Hall–Kier alpha value is -1.77. The molecule has 0 aliphatic carbocycles. The van der Waals surface area contributed by atoms with Crippen molar-refractivity contribution in [3.8, 4) is 0 Å². The minimum Gasteiger partial charge on any atom is -0.382 e. The highest BCUT2D eigenvalue weighted by molar-refractivity contribution is 8.03. The van der Waals surface area contributed by atoms with Crippen LogP contribution in [0.5, 0.6) is 0 Å². The van der Waals surface area contributed by atoms with Crippen LogP contribution in [0.4, 0.5) is 0 Å². The molecule has 0 bridgehead atoms. The van der Waals surface area contributed by atoms with Gasteiger partial charge in [0.15, 0.2) is 0 Å². The first kappa shape index (κ1) is 24.3. The van der Waals surface area contributed by atoms with Gasteiger partial charge in [0.05, 0.1) is 0 Å². The number of amidine groups is 1. The van der Waals surface area contributed by atoms with Gasteiger partial charge in [-0.1, -0.05) is 58.4 Å². The van der Waals surface area contributed by atoms with Crippen LogP contribution < -0.4 is 11.6 Å². The molecule has 1 atom stereocenters. The molecule has 0 saturated carbocycles. The highest BCUT2D eigenvalue weighted by Gasteiger charge is 2.10. The van der Waals surface area contributed by atoms with Crippen LogP contribution in [0.3, 0.4) is 0 Å². The number of unbranched alkanes of at least 4 members (excludes halogenated alkanes) is 1. The SMILES string of the molecule is C=CCc1cccc(/C=C/C=C(SCCCC)\C(PC)=C(C)\C(N)=N\N)c1C. The lowest BCUT2D eigenvalue weighted by molar-refractivity contribution is 0.897. The predicted octanol–water partition coefficient (Wildman–Crippen LogP) is 5.97. The van der Waals surface area contributed by atoms with E-state index >= 15 is 0 Å². The summed E-state index contributed by atoms with van der Waals surface area (Å²) in [5, 5.41) is 4.91. The van der Waals surface area contributed by atoms with Crippen LogP contribution in [0.25, 0.3) is 6.08 Å². The molecule has 0 fully saturated rings. The number of rotatable bonds is 11. The van der Waals surface area contributed by atoms with Gasteiger partial charge in [-0.25, -0.2) is 0 Å². The predicted molar refractivity (Wildman–Crippen MR) is 132 cm³/mol. The normalized spacial score (nSPS) is 14.1. The molecule has 5 heteroatoms. The highest BCUT2D eigenvalue weighted by atomic mass is 32.2. The van der Waals surface area contributed by atoms with Crippen LogP contribution in [-0.4, -0.2) is 18.3 Å². The zero-order chi connectivity index (χ0) is 20.9. The van der Waals surface area contributed by atoms with Crippen molar-refractivity contribution in [2.75, 3.05) is 12.4 Å². The molecule has 0 amide bonds. The molecule has 0 aliphatic heterocycles. The van der Waals surface area contributed by atoms with Gasteiger partial charge in [-0.05, 0) is 67.2 Å². The molecule has 0 saturated heterocycles. The Kier molecular flexibility index (Phi) is 11.6. The molecular formula is C23H34N3PS. The number of allylic oxidation sites excluding steroid dienone is 4. The molecule has 152 valence electrons. The van der Waals surface area contributed by atoms with E-state index in [0.717, 1.165) is 17.7 Å². The molecular weight excluding hydrogens is 381 g/mol. The molecule has 4 N–H and O–H groups in total. The van der Waals surface area contributed by atoms with Crippen LogP contribution in [0, 0.1) is 6.92 Å². The third-order valence-corrected chi connectivity index (χ3v) is 7.00. The maximum atomic E-state index is 5.98.